The van der Waals surface area contributed by atoms with Crippen molar-refractivity contribution in [3.8, 4) is 44.5 Å². The van der Waals surface area contributed by atoms with Crippen LogP contribution < -0.4 is 0 Å². The number of fused-ring (bicyclic) bond motifs is 6. The Kier molecular flexibility index (Phi) is 6.05. The van der Waals surface area contributed by atoms with Crippen LogP contribution in [0.15, 0.2) is 146 Å². The molecule has 0 spiro atoms. The first-order chi connectivity index (χ1) is 21.9. The molecular formula is C40H26O5. The summed E-state index contributed by atoms with van der Waals surface area (Å²) in [7, 11) is 0. The van der Waals surface area contributed by atoms with Crippen LogP contribution in [0.4, 0.5) is 0 Å². The first-order valence-corrected chi connectivity index (χ1v) is 14.7. The van der Waals surface area contributed by atoms with Crippen molar-refractivity contribution in [2.75, 3.05) is 0 Å². The van der Waals surface area contributed by atoms with Crippen LogP contribution >= 0.6 is 0 Å². The SMILES string of the molecule is O=C1c2c(-c3ccccc3)ccc(-c3ccccc3)c2C2(O)OC1(O)c1c(-c3ccccc3)ccc(-c3ccccc3)c1C2=O. The van der Waals surface area contributed by atoms with Gasteiger partial charge in [-0.05, 0) is 44.5 Å². The molecule has 0 saturated carbocycles. The number of Topliss-reactive ketones (excluding diaryl/α,β-unsaturated/α-hetero) is 2. The quantitative estimate of drug-likeness (QED) is 0.221. The van der Waals surface area contributed by atoms with E-state index in [1.54, 1.807) is 24.3 Å². The lowest BCUT2D eigenvalue weighted by Crippen LogP contribution is -2.59. The van der Waals surface area contributed by atoms with Crippen molar-refractivity contribution in [3.05, 3.63) is 168 Å². The first kappa shape index (κ1) is 27.1. The van der Waals surface area contributed by atoms with Gasteiger partial charge >= 0.3 is 0 Å². The Bertz CT molecular complexity index is 1970. The van der Waals surface area contributed by atoms with Gasteiger partial charge in [-0.15, -0.1) is 0 Å². The van der Waals surface area contributed by atoms with Gasteiger partial charge in [0.05, 0.1) is 0 Å². The lowest BCUT2D eigenvalue weighted by atomic mass is 9.69. The molecule has 6 aromatic carbocycles. The maximum Gasteiger partial charge on any atom is 0.263 e. The topological polar surface area (TPSA) is 83.8 Å². The average molecular weight is 587 g/mol. The first-order valence-electron chi connectivity index (χ1n) is 14.7. The highest BCUT2D eigenvalue weighted by molar-refractivity contribution is 6.20. The molecule has 2 unspecified atom stereocenters. The van der Waals surface area contributed by atoms with Crippen LogP contribution in [-0.2, 0) is 16.3 Å². The van der Waals surface area contributed by atoms with Gasteiger partial charge < -0.3 is 10.2 Å². The number of hydrogen-bond acceptors (Lipinski definition) is 5. The number of carbonyl (C=O) groups is 2. The number of ketones is 2. The Balaban J connectivity index is 1.51. The molecule has 2 aliphatic rings. The summed E-state index contributed by atoms with van der Waals surface area (Å²) in [6.45, 7) is 0. The van der Waals surface area contributed by atoms with Crippen LogP contribution in [0, 0.1) is 0 Å². The molecule has 0 radical (unpaired) electrons. The molecule has 0 saturated heterocycles. The van der Waals surface area contributed by atoms with E-state index in [0.29, 0.717) is 44.5 Å². The molecule has 0 aliphatic carbocycles. The highest BCUT2D eigenvalue weighted by atomic mass is 16.7. The molecule has 6 aromatic rings. The van der Waals surface area contributed by atoms with Crippen molar-refractivity contribution in [1.29, 1.82) is 0 Å². The third kappa shape index (κ3) is 3.92. The zero-order valence-corrected chi connectivity index (χ0v) is 24.0. The van der Waals surface area contributed by atoms with Crippen molar-refractivity contribution < 1.29 is 24.5 Å². The Morgan fingerprint density at radius 2 is 0.644 bits per heavy atom. The Hall–Kier alpha value is -5.46. The molecule has 2 atom stereocenters. The van der Waals surface area contributed by atoms with Gasteiger partial charge in [0.15, 0.2) is 0 Å². The standard InChI is InChI=1S/C40H26O5/c41-37-33-29(25-13-5-1-6-14-25)21-23-31(27-17-9-3-10-18-27)35(33)39(43)38(42)34-30(26-15-7-2-8-16-26)22-24-32(28-19-11-4-12-20-28)36(34)40(37,44)45-39/h1-24,43-44H. The van der Waals surface area contributed by atoms with Gasteiger partial charge in [0, 0.05) is 22.3 Å². The number of benzene rings is 6. The van der Waals surface area contributed by atoms with Crippen LogP contribution in [0.5, 0.6) is 0 Å². The molecule has 5 nitrogen and oxygen atoms in total. The van der Waals surface area contributed by atoms with Gasteiger partial charge in [-0.2, -0.15) is 0 Å². The van der Waals surface area contributed by atoms with Gasteiger partial charge in [0.1, 0.15) is 0 Å². The van der Waals surface area contributed by atoms with Crippen molar-refractivity contribution in [3.63, 3.8) is 0 Å². The van der Waals surface area contributed by atoms with Gasteiger partial charge in [0.2, 0.25) is 11.6 Å². The van der Waals surface area contributed by atoms with E-state index < -0.39 is 23.1 Å². The molecule has 216 valence electrons. The van der Waals surface area contributed by atoms with Gasteiger partial charge in [0.25, 0.3) is 11.6 Å². The van der Waals surface area contributed by atoms with E-state index in [2.05, 4.69) is 0 Å². The predicted octanol–water partition coefficient (Wildman–Crippen LogP) is 7.75. The van der Waals surface area contributed by atoms with Crippen molar-refractivity contribution >= 4 is 11.6 Å². The number of carbonyl (C=O) groups excluding carboxylic acids is 2. The van der Waals surface area contributed by atoms with Crippen molar-refractivity contribution in [1.82, 2.24) is 0 Å². The maximum atomic E-state index is 15.0. The fourth-order valence-electron chi connectivity index (χ4n) is 6.79. The van der Waals surface area contributed by atoms with Crippen LogP contribution in [0.1, 0.15) is 31.8 Å². The van der Waals surface area contributed by atoms with Crippen LogP contribution in [-0.4, -0.2) is 21.8 Å². The van der Waals surface area contributed by atoms with Crippen LogP contribution in [0.3, 0.4) is 0 Å². The number of hydrogen-bond donors (Lipinski definition) is 2. The summed E-state index contributed by atoms with van der Waals surface area (Å²) in [4.78, 5) is 29.9. The van der Waals surface area contributed by atoms with E-state index in [4.69, 9.17) is 4.74 Å². The zero-order chi connectivity index (χ0) is 30.8. The van der Waals surface area contributed by atoms with Crippen LogP contribution in [0.25, 0.3) is 44.5 Å². The summed E-state index contributed by atoms with van der Waals surface area (Å²) in [6.07, 6.45) is 0. The lowest BCUT2D eigenvalue weighted by molar-refractivity contribution is -0.308. The maximum absolute atomic E-state index is 15.0. The van der Waals surface area contributed by atoms with E-state index >= 15 is 0 Å². The zero-order valence-electron chi connectivity index (χ0n) is 24.0. The van der Waals surface area contributed by atoms with E-state index in [1.165, 1.54) is 0 Å². The van der Waals surface area contributed by atoms with E-state index in [1.807, 2.05) is 121 Å². The molecule has 0 amide bonds. The summed E-state index contributed by atoms with van der Waals surface area (Å²) in [5, 5.41) is 25.2. The molecule has 0 aromatic heterocycles. The molecule has 45 heavy (non-hydrogen) atoms. The summed E-state index contributed by atoms with van der Waals surface area (Å²) in [5.74, 6) is -6.87. The average Bonchev–Trinajstić information content (AvgIpc) is 3.10. The van der Waals surface area contributed by atoms with Gasteiger partial charge in [-0.1, -0.05) is 146 Å². The second kappa shape index (κ2) is 10.0. The normalized spacial score (nSPS) is 20.0. The third-order valence-electron chi connectivity index (χ3n) is 8.79. The summed E-state index contributed by atoms with van der Waals surface area (Å²) >= 11 is 0. The highest BCUT2D eigenvalue weighted by Gasteiger charge is 2.65. The van der Waals surface area contributed by atoms with E-state index in [0.717, 1.165) is 0 Å². The summed E-state index contributed by atoms with van der Waals surface area (Å²) < 4.78 is 6.09. The van der Waals surface area contributed by atoms with Crippen LogP contribution in [0.2, 0.25) is 0 Å². The fraction of sp³-hybridized carbons (Fsp3) is 0.0500. The number of ether oxygens (including phenoxy) is 1. The van der Waals surface area contributed by atoms with Gasteiger partial charge in [-0.3, -0.25) is 14.3 Å². The number of aliphatic hydroxyl groups is 2. The molecule has 5 heteroatoms. The molecule has 2 bridgehead atoms. The van der Waals surface area contributed by atoms with E-state index in [9.17, 15) is 19.8 Å². The Morgan fingerprint density at radius 3 is 0.956 bits per heavy atom. The molecule has 8 rings (SSSR count). The minimum absolute atomic E-state index is 0.0181. The largest absolute Gasteiger partial charge is 0.355 e. The molecule has 2 aliphatic heterocycles. The summed E-state index contributed by atoms with van der Waals surface area (Å²) in [5.41, 5.74) is 4.76. The molecule has 2 N–H and O–H groups in total. The predicted molar refractivity (Wildman–Crippen MR) is 172 cm³/mol. The monoisotopic (exact) mass is 586 g/mol. The van der Waals surface area contributed by atoms with Crippen molar-refractivity contribution in [2.24, 2.45) is 0 Å². The van der Waals surface area contributed by atoms with Crippen molar-refractivity contribution in [2.45, 2.75) is 11.6 Å². The summed E-state index contributed by atoms with van der Waals surface area (Å²) in [6, 6.07) is 44.2. The molecule has 2 heterocycles. The second-order valence-electron chi connectivity index (χ2n) is 11.3. The third-order valence-corrected chi connectivity index (χ3v) is 8.79. The Labute approximate surface area is 259 Å². The smallest absolute Gasteiger partial charge is 0.263 e. The molecule has 0 fully saturated rings. The fourth-order valence-corrected chi connectivity index (χ4v) is 6.79. The molecular weight excluding hydrogens is 560 g/mol. The second-order valence-corrected chi connectivity index (χ2v) is 11.3. The Morgan fingerprint density at radius 1 is 0.378 bits per heavy atom. The lowest BCUT2D eigenvalue weighted by Gasteiger charge is -2.48. The highest BCUT2D eigenvalue weighted by Crippen LogP contribution is 2.56. The minimum atomic E-state index is -2.68. The number of rotatable bonds is 4. The van der Waals surface area contributed by atoms with E-state index in [-0.39, 0.29) is 22.3 Å². The van der Waals surface area contributed by atoms with Gasteiger partial charge in [-0.25, -0.2) is 0 Å². The minimum Gasteiger partial charge on any atom is -0.355 e.